The minimum Gasteiger partial charge on any atom is -0.337 e. The molecule has 1 aromatic carbocycles. The number of pyridine rings is 1. The van der Waals surface area contributed by atoms with E-state index >= 15 is 0 Å². The number of carbonyl (C=O) groups is 1. The van der Waals surface area contributed by atoms with Gasteiger partial charge in [-0.3, -0.25) is 9.78 Å². The molecule has 2 heterocycles. The van der Waals surface area contributed by atoms with Gasteiger partial charge in [-0.15, -0.1) is 24.8 Å². The fraction of sp³-hybridized carbons (Fsp3) is 0.500. The van der Waals surface area contributed by atoms with Crippen molar-refractivity contribution in [2.75, 3.05) is 13.1 Å². The molecule has 1 aliphatic carbocycles. The molecular formula is C20H27Cl2N3O. The van der Waals surface area contributed by atoms with E-state index in [2.05, 4.69) is 26.0 Å². The summed E-state index contributed by atoms with van der Waals surface area (Å²) in [7, 11) is 0. The van der Waals surface area contributed by atoms with Gasteiger partial charge in [0.1, 0.15) is 0 Å². The molecule has 1 unspecified atom stereocenters. The third kappa shape index (κ3) is 3.98. The van der Waals surface area contributed by atoms with E-state index in [1.807, 2.05) is 11.0 Å². The van der Waals surface area contributed by atoms with Gasteiger partial charge in [-0.2, -0.15) is 0 Å². The zero-order valence-corrected chi connectivity index (χ0v) is 17.0. The molecule has 1 aliphatic heterocycles. The number of fused-ring (bicyclic) bond motifs is 1. The van der Waals surface area contributed by atoms with Crippen LogP contribution < -0.4 is 5.73 Å². The summed E-state index contributed by atoms with van der Waals surface area (Å²) in [5, 5.41) is 0.987. The SMILES string of the molecule is Cc1cc(C)c2nc(C3CC3)cc(C(=O)N3CCCC(N)C3)c2c1.Cl.Cl. The number of nitrogens with zero attached hydrogens (tertiary/aromatic N) is 2. The summed E-state index contributed by atoms with van der Waals surface area (Å²) >= 11 is 0. The Labute approximate surface area is 167 Å². The number of halogens is 2. The molecule has 0 radical (unpaired) electrons. The molecule has 2 aromatic rings. The van der Waals surface area contributed by atoms with Gasteiger partial charge in [0, 0.05) is 36.1 Å². The summed E-state index contributed by atoms with van der Waals surface area (Å²) in [5.74, 6) is 0.648. The summed E-state index contributed by atoms with van der Waals surface area (Å²) < 4.78 is 0. The van der Waals surface area contributed by atoms with Crippen LogP contribution in [-0.2, 0) is 0 Å². The quantitative estimate of drug-likeness (QED) is 0.830. The normalized spacial score (nSPS) is 19.7. The number of benzene rings is 1. The number of amides is 1. The lowest BCUT2D eigenvalue weighted by Crippen LogP contribution is -2.45. The number of aromatic nitrogens is 1. The molecule has 2 aliphatic rings. The molecule has 1 amide bonds. The van der Waals surface area contributed by atoms with Gasteiger partial charge in [0.15, 0.2) is 0 Å². The lowest BCUT2D eigenvalue weighted by Gasteiger charge is -2.31. The highest BCUT2D eigenvalue weighted by Gasteiger charge is 2.29. The Kier molecular flexibility index (Phi) is 6.54. The van der Waals surface area contributed by atoms with Crippen molar-refractivity contribution in [3.05, 3.63) is 40.6 Å². The van der Waals surface area contributed by atoms with Gasteiger partial charge >= 0.3 is 0 Å². The fourth-order valence-corrected chi connectivity index (χ4v) is 3.83. The first-order valence-corrected chi connectivity index (χ1v) is 8.99. The van der Waals surface area contributed by atoms with E-state index < -0.39 is 0 Å². The van der Waals surface area contributed by atoms with Gasteiger partial charge in [0.25, 0.3) is 5.91 Å². The smallest absolute Gasteiger partial charge is 0.254 e. The number of hydrogen-bond acceptors (Lipinski definition) is 3. The van der Waals surface area contributed by atoms with Crippen molar-refractivity contribution in [1.82, 2.24) is 9.88 Å². The molecule has 2 N–H and O–H groups in total. The van der Waals surface area contributed by atoms with E-state index in [1.165, 1.54) is 18.4 Å². The second kappa shape index (κ2) is 8.12. The summed E-state index contributed by atoms with van der Waals surface area (Å²) in [6.45, 7) is 5.63. The highest BCUT2D eigenvalue weighted by molar-refractivity contribution is 6.07. The Morgan fingerprint density at radius 2 is 1.88 bits per heavy atom. The van der Waals surface area contributed by atoms with Crippen LogP contribution in [0.3, 0.4) is 0 Å². The summed E-state index contributed by atoms with van der Waals surface area (Å²) in [4.78, 5) is 20.0. The van der Waals surface area contributed by atoms with E-state index in [0.717, 1.165) is 47.1 Å². The van der Waals surface area contributed by atoms with E-state index in [1.54, 1.807) is 0 Å². The Morgan fingerprint density at radius 3 is 2.54 bits per heavy atom. The van der Waals surface area contributed by atoms with E-state index in [9.17, 15) is 4.79 Å². The van der Waals surface area contributed by atoms with Gasteiger partial charge in [-0.05, 0) is 57.2 Å². The predicted octanol–water partition coefficient (Wildman–Crippen LogP) is 4.14. The van der Waals surface area contributed by atoms with Crippen LogP contribution in [0.25, 0.3) is 10.9 Å². The predicted molar refractivity (Wildman–Crippen MR) is 111 cm³/mol. The second-order valence-corrected chi connectivity index (χ2v) is 7.50. The number of piperidine rings is 1. The highest BCUT2D eigenvalue weighted by atomic mass is 35.5. The average molecular weight is 396 g/mol. The van der Waals surface area contributed by atoms with Crippen molar-refractivity contribution >= 4 is 41.6 Å². The maximum Gasteiger partial charge on any atom is 0.254 e. The third-order valence-electron chi connectivity index (χ3n) is 5.24. The topological polar surface area (TPSA) is 59.2 Å². The van der Waals surface area contributed by atoms with Crippen LogP contribution in [0.2, 0.25) is 0 Å². The molecule has 0 spiro atoms. The first-order chi connectivity index (χ1) is 11.5. The van der Waals surface area contributed by atoms with Crippen molar-refractivity contribution in [2.24, 2.45) is 5.73 Å². The minimum absolute atomic E-state index is 0. The first kappa shape index (κ1) is 20.9. The van der Waals surface area contributed by atoms with E-state index in [-0.39, 0.29) is 36.8 Å². The van der Waals surface area contributed by atoms with Crippen molar-refractivity contribution in [3.63, 3.8) is 0 Å². The Hall–Kier alpha value is -1.36. The van der Waals surface area contributed by atoms with Crippen LogP contribution in [0.5, 0.6) is 0 Å². The standard InChI is InChI=1S/C20H25N3O.2ClH/c1-12-8-13(2)19-16(9-12)17(10-18(22-19)14-5-6-14)20(24)23-7-3-4-15(21)11-23;;/h8-10,14-15H,3-7,11,21H2,1-2H3;2*1H. The number of carbonyl (C=O) groups excluding carboxylic acids is 1. The summed E-state index contributed by atoms with van der Waals surface area (Å²) in [6, 6.07) is 6.39. The molecule has 1 aromatic heterocycles. The van der Waals surface area contributed by atoms with Crippen LogP contribution in [0, 0.1) is 13.8 Å². The fourth-order valence-electron chi connectivity index (χ4n) is 3.83. The Balaban J connectivity index is 0.00000121. The van der Waals surface area contributed by atoms with Gasteiger partial charge in [0.05, 0.1) is 11.1 Å². The maximum atomic E-state index is 13.2. The van der Waals surface area contributed by atoms with Crippen LogP contribution >= 0.6 is 24.8 Å². The number of aryl methyl sites for hydroxylation is 2. The Bertz CT molecular complexity index is 820. The number of nitrogens with two attached hydrogens (primary N) is 1. The van der Waals surface area contributed by atoms with Crippen molar-refractivity contribution in [3.8, 4) is 0 Å². The maximum absolute atomic E-state index is 13.2. The molecule has 1 atom stereocenters. The van der Waals surface area contributed by atoms with Gasteiger partial charge in [0.2, 0.25) is 0 Å². The number of rotatable bonds is 2. The first-order valence-electron chi connectivity index (χ1n) is 8.99. The molecule has 6 heteroatoms. The lowest BCUT2D eigenvalue weighted by atomic mass is 9.98. The monoisotopic (exact) mass is 395 g/mol. The molecule has 4 rings (SSSR count). The minimum atomic E-state index is 0. The van der Waals surface area contributed by atoms with Crippen LogP contribution in [-0.4, -0.2) is 34.9 Å². The molecule has 26 heavy (non-hydrogen) atoms. The number of likely N-dealkylation sites (tertiary alicyclic amines) is 1. The van der Waals surface area contributed by atoms with E-state index in [0.29, 0.717) is 12.5 Å². The molecular weight excluding hydrogens is 369 g/mol. The lowest BCUT2D eigenvalue weighted by molar-refractivity contribution is 0.0710. The zero-order chi connectivity index (χ0) is 16.8. The molecule has 2 fully saturated rings. The van der Waals surface area contributed by atoms with E-state index in [4.69, 9.17) is 10.7 Å². The number of hydrogen-bond donors (Lipinski definition) is 1. The molecule has 1 saturated carbocycles. The average Bonchev–Trinajstić information content (AvgIpc) is 3.38. The van der Waals surface area contributed by atoms with Gasteiger partial charge in [-0.25, -0.2) is 0 Å². The van der Waals surface area contributed by atoms with Crippen LogP contribution in [0.1, 0.15) is 58.8 Å². The van der Waals surface area contributed by atoms with Crippen molar-refractivity contribution < 1.29 is 4.79 Å². The van der Waals surface area contributed by atoms with Crippen LogP contribution in [0.4, 0.5) is 0 Å². The van der Waals surface area contributed by atoms with Crippen molar-refractivity contribution in [1.29, 1.82) is 0 Å². The summed E-state index contributed by atoms with van der Waals surface area (Å²) in [6.07, 6.45) is 4.37. The molecule has 1 saturated heterocycles. The van der Waals surface area contributed by atoms with Crippen LogP contribution in [0.15, 0.2) is 18.2 Å². The van der Waals surface area contributed by atoms with Gasteiger partial charge in [-0.1, -0.05) is 11.6 Å². The Morgan fingerprint density at radius 1 is 1.15 bits per heavy atom. The highest BCUT2D eigenvalue weighted by Crippen LogP contribution is 2.40. The van der Waals surface area contributed by atoms with Gasteiger partial charge < -0.3 is 10.6 Å². The third-order valence-corrected chi connectivity index (χ3v) is 5.24. The molecule has 142 valence electrons. The largest absolute Gasteiger partial charge is 0.337 e. The zero-order valence-electron chi connectivity index (χ0n) is 15.3. The summed E-state index contributed by atoms with van der Waals surface area (Å²) in [5.41, 5.74) is 11.3. The second-order valence-electron chi connectivity index (χ2n) is 7.50. The molecule has 0 bridgehead atoms. The molecule has 4 nitrogen and oxygen atoms in total. The van der Waals surface area contributed by atoms with Crippen molar-refractivity contribution in [2.45, 2.75) is 51.5 Å².